The summed E-state index contributed by atoms with van der Waals surface area (Å²) in [7, 11) is 0. The van der Waals surface area contributed by atoms with Gasteiger partial charge < -0.3 is 11.1 Å². The molecule has 0 aromatic heterocycles. The molecule has 2 rings (SSSR count). The normalized spacial score (nSPS) is 24.8. The lowest BCUT2D eigenvalue weighted by atomic mass is 9.90. The molecule has 0 amide bonds. The predicted octanol–water partition coefficient (Wildman–Crippen LogP) is 2.24. The summed E-state index contributed by atoms with van der Waals surface area (Å²) in [6, 6.07) is 10.3. The summed E-state index contributed by atoms with van der Waals surface area (Å²) in [5.41, 5.74) is 7.68. The third-order valence-corrected chi connectivity index (χ3v) is 3.21. The highest BCUT2D eigenvalue weighted by Gasteiger charge is 2.21. The number of benzene rings is 1. The van der Waals surface area contributed by atoms with Crippen LogP contribution in [-0.2, 0) is 0 Å². The van der Waals surface area contributed by atoms with Crippen molar-refractivity contribution >= 4 is 5.69 Å². The Morgan fingerprint density at radius 1 is 1.25 bits per heavy atom. The zero-order chi connectivity index (χ0) is 11.4. The van der Waals surface area contributed by atoms with E-state index < -0.39 is 0 Å². The van der Waals surface area contributed by atoms with Gasteiger partial charge in [0.2, 0.25) is 0 Å². The van der Waals surface area contributed by atoms with Crippen LogP contribution in [-0.4, -0.2) is 12.1 Å². The number of nitrogens with two attached hydrogens (primary N) is 1. The Hall–Kier alpha value is -1.53. The highest BCUT2D eigenvalue weighted by molar-refractivity contribution is 5.57. The van der Waals surface area contributed by atoms with Gasteiger partial charge in [0.05, 0.1) is 11.3 Å². The summed E-state index contributed by atoms with van der Waals surface area (Å²) < 4.78 is 0. The molecule has 3 heteroatoms. The molecule has 0 spiro atoms. The van der Waals surface area contributed by atoms with E-state index in [0.717, 1.165) is 18.5 Å². The lowest BCUT2D eigenvalue weighted by Gasteiger charge is -2.30. The number of hydrogen-bond donors (Lipinski definition) is 2. The summed E-state index contributed by atoms with van der Waals surface area (Å²) in [6.07, 6.45) is 4.62. The third-order valence-electron chi connectivity index (χ3n) is 3.21. The third kappa shape index (κ3) is 2.34. The monoisotopic (exact) mass is 215 g/mol. The van der Waals surface area contributed by atoms with Crippen LogP contribution in [0.1, 0.15) is 31.2 Å². The molecule has 0 heterocycles. The Morgan fingerprint density at radius 3 is 2.75 bits per heavy atom. The molecule has 1 aromatic rings. The van der Waals surface area contributed by atoms with Crippen molar-refractivity contribution in [3.63, 3.8) is 0 Å². The number of para-hydroxylation sites is 1. The molecular formula is C13H17N3. The minimum atomic E-state index is 0.209. The second-order valence-corrected chi connectivity index (χ2v) is 4.36. The Labute approximate surface area is 96.3 Å². The molecule has 0 bridgehead atoms. The van der Waals surface area contributed by atoms with Crippen LogP contribution in [0.15, 0.2) is 24.3 Å². The summed E-state index contributed by atoms with van der Waals surface area (Å²) in [5, 5.41) is 12.4. The average molecular weight is 215 g/mol. The van der Waals surface area contributed by atoms with Crippen molar-refractivity contribution in [1.29, 1.82) is 5.26 Å². The summed E-state index contributed by atoms with van der Waals surface area (Å²) >= 11 is 0. The number of rotatable bonds is 2. The van der Waals surface area contributed by atoms with E-state index in [1.165, 1.54) is 12.8 Å². The van der Waals surface area contributed by atoms with Crippen molar-refractivity contribution in [2.45, 2.75) is 37.8 Å². The standard InChI is InChI=1S/C13H17N3/c14-9-10-5-1-3-7-12(10)16-13-8-4-2-6-11(13)15/h1,3,5,7,11,13,16H,2,4,6,8,15H2/t11-,13-/m1/s1. The second kappa shape index (κ2) is 5.00. The van der Waals surface area contributed by atoms with Crippen molar-refractivity contribution in [2.75, 3.05) is 5.32 Å². The number of anilines is 1. The maximum atomic E-state index is 8.99. The van der Waals surface area contributed by atoms with Crippen LogP contribution in [0.5, 0.6) is 0 Å². The second-order valence-electron chi connectivity index (χ2n) is 4.36. The summed E-state index contributed by atoms with van der Waals surface area (Å²) in [5.74, 6) is 0. The van der Waals surface area contributed by atoms with Crippen molar-refractivity contribution in [1.82, 2.24) is 0 Å². The first-order valence-corrected chi connectivity index (χ1v) is 5.82. The van der Waals surface area contributed by atoms with Crippen LogP contribution < -0.4 is 11.1 Å². The molecule has 1 aliphatic rings. The summed E-state index contributed by atoms with van der Waals surface area (Å²) in [6.45, 7) is 0. The fourth-order valence-electron chi connectivity index (χ4n) is 2.24. The Bertz CT molecular complexity index is 394. The van der Waals surface area contributed by atoms with Crippen LogP contribution in [0, 0.1) is 11.3 Å². The zero-order valence-corrected chi connectivity index (χ0v) is 9.32. The lowest BCUT2D eigenvalue weighted by molar-refractivity contribution is 0.404. The molecular weight excluding hydrogens is 198 g/mol. The molecule has 1 fully saturated rings. The number of nitrogens with zero attached hydrogens (tertiary/aromatic N) is 1. The smallest absolute Gasteiger partial charge is 0.101 e. The maximum Gasteiger partial charge on any atom is 0.101 e. The van der Waals surface area contributed by atoms with Gasteiger partial charge in [0.25, 0.3) is 0 Å². The number of nitriles is 1. The molecule has 3 N–H and O–H groups in total. The van der Waals surface area contributed by atoms with Gasteiger partial charge in [-0.3, -0.25) is 0 Å². The van der Waals surface area contributed by atoms with Gasteiger partial charge >= 0.3 is 0 Å². The maximum absolute atomic E-state index is 8.99. The van der Waals surface area contributed by atoms with Crippen molar-refractivity contribution in [2.24, 2.45) is 5.73 Å². The minimum absolute atomic E-state index is 0.209. The van der Waals surface area contributed by atoms with Gasteiger partial charge in [-0.2, -0.15) is 5.26 Å². The lowest BCUT2D eigenvalue weighted by Crippen LogP contribution is -2.42. The molecule has 1 aliphatic carbocycles. The van der Waals surface area contributed by atoms with E-state index in [1.807, 2.05) is 24.3 Å². The van der Waals surface area contributed by atoms with Crippen LogP contribution >= 0.6 is 0 Å². The van der Waals surface area contributed by atoms with Gasteiger partial charge in [-0.25, -0.2) is 0 Å². The average Bonchev–Trinajstić information content (AvgIpc) is 2.33. The Balaban J connectivity index is 2.11. The highest BCUT2D eigenvalue weighted by atomic mass is 15.0. The van der Waals surface area contributed by atoms with E-state index in [0.29, 0.717) is 11.6 Å². The number of nitrogens with one attached hydrogen (secondary N) is 1. The van der Waals surface area contributed by atoms with Crippen LogP contribution in [0.25, 0.3) is 0 Å². The van der Waals surface area contributed by atoms with Crippen LogP contribution in [0.4, 0.5) is 5.69 Å². The first-order valence-electron chi connectivity index (χ1n) is 5.82. The van der Waals surface area contributed by atoms with Crippen molar-refractivity contribution in [3.05, 3.63) is 29.8 Å². The summed E-state index contributed by atoms with van der Waals surface area (Å²) in [4.78, 5) is 0. The molecule has 0 aliphatic heterocycles. The molecule has 0 saturated heterocycles. The van der Waals surface area contributed by atoms with Gasteiger partial charge in [-0.1, -0.05) is 25.0 Å². The quantitative estimate of drug-likeness (QED) is 0.795. The topological polar surface area (TPSA) is 61.8 Å². The van der Waals surface area contributed by atoms with E-state index in [-0.39, 0.29) is 6.04 Å². The van der Waals surface area contributed by atoms with Gasteiger partial charge in [0.15, 0.2) is 0 Å². The van der Waals surface area contributed by atoms with Gasteiger partial charge in [-0.05, 0) is 25.0 Å². The molecule has 16 heavy (non-hydrogen) atoms. The molecule has 84 valence electrons. The van der Waals surface area contributed by atoms with E-state index in [9.17, 15) is 0 Å². The van der Waals surface area contributed by atoms with E-state index in [2.05, 4.69) is 11.4 Å². The van der Waals surface area contributed by atoms with E-state index in [4.69, 9.17) is 11.0 Å². The molecule has 0 radical (unpaired) electrons. The molecule has 1 aromatic carbocycles. The van der Waals surface area contributed by atoms with Gasteiger partial charge in [-0.15, -0.1) is 0 Å². The number of hydrogen-bond acceptors (Lipinski definition) is 3. The van der Waals surface area contributed by atoms with E-state index >= 15 is 0 Å². The van der Waals surface area contributed by atoms with Crippen molar-refractivity contribution < 1.29 is 0 Å². The van der Waals surface area contributed by atoms with Crippen LogP contribution in [0.3, 0.4) is 0 Å². The van der Waals surface area contributed by atoms with Gasteiger partial charge in [0, 0.05) is 12.1 Å². The first-order chi connectivity index (χ1) is 7.81. The van der Waals surface area contributed by atoms with Crippen molar-refractivity contribution in [3.8, 4) is 6.07 Å². The molecule has 2 atom stereocenters. The van der Waals surface area contributed by atoms with E-state index in [1.54, 1.807) is 0 Å². The predicted molar refractivity (Wildman–Crippen MR) is 65.0 cm³/mol. The SMILES string of the molecule is N#Cc1ccccc1N[C@@H]1CCCC[C@H]1N. The molecule has 0 unspecified atom stereocenters. The Kier molecular flexibility index (Phi) is 3.43. The largest absolute Gasteiger partial charge is 0.380 e. The van der Waals surface area contributed by atoms with Gasteiger partial charge in [0.1, 0.15) is 6.07 Å². The molecule has 1 saturated carbocycles. The fourth-order valence-corrected chi connectivity index (χ4v) is 2.24. The highest BCUT2D eigenvalue weighted by Crippen LogP contribution is 2.22. The van der Waals surface area contributed by atoms with Crippen LogP contribution in [0.2, 0.25) is 0 Å². The Morgan fingerprint density at radius 2 is 2.00 bits per heavy atom. The zero-order valence-electron chi connectivity index (χ0n) is 9.32. The fraction of sp³-hybridized carbons (Fsp3) is 0.462. The minimum Gasteiger partial charge on any atom is -0.380 e. The molecule has 3 nitrogen and oxygen atoms in total. The first kappa shape index (κ1) is 11.0.